The molecule has 0 saturated carbocycles. The van der Waals surface area contributed by atoms with E-state index < -0.39 is 0 Å². The van der Waals surface area contributed by atoms with Crippen molar-refractivity contribution in [2.24, 2.45) is 0 Å². The van der Waals surface area contributed by atoms with Gasteiger partial charge in [0.2, 0.25) is 0 Å². The molecule has 43 heavy (non-hydrogen) atoms. The molecule has 0 aliphatic carbocycles. The lowest BCUT2D eigenvalue weighted by Crippen LogP contribution is -2.37. The largest absolute Gasteiger partial charge is 0.383 e. The Morgan fingerprint density at radius 2 is 1.53 bits per heavy atom. The van der Waals surface area contributed by atoms with Gasteiger partial charge in [-0.25, -0.2) is 0 Å². The zero-order valence-electron chi connectivity index (χ0n) is 24.3. The predicted octanol–water partition coefficient (Wildman–Crippen LogP) is 6.76. The van der Waals surface area contributed by atoms with E-state index >= 15 is 0 Å². The van der Waals surface area contributed by atoms with Crippen LogP contribution in [0.2, 0.25) is 5.02 Å². The molecular weight excluding hydrogens is 556 g/mol. The Morgan fingerprint density at radius 3 is 2.19 bits per heavy atom. The minimum absolute atomic E-state index is 0.0954. The van der Waals surface area contributed by atoms with Crippen molar-refractivity contribution in [2.75, 3.05) is 25.0 Å². The number of hydrogen-bond acceptors (Lipinski definition) is 6. The third kappa shape index (κ3) is 7.08. The fourth-order valence-corrected chi connectivity index (χ4v) is 5.45. The summed E-state index contributed by atoms with van der Waals surface area (Å²) in [5.41, 5.74) is 8.69. The summed E-state index contributed by atoms with van der Waals surface area (Å²) in [6.07, 6.45) is 7.78. The Morgan fingerprint density at radius 1 is 0.884 bits per heavy atom. The van der Waals surface area contributed by atoms with Crippen LogP contribution >= 0.6 is 11.6 Å². The summed E-state index contributed by atoms with van der Waals surface area (Å²) in [5, 5.41) is 14.0. The highest BCUT2D eigenvalue weighted by atomic mass is 35.5. The molecule has 0 unspecified atom stereocenters. The minimum Gasteiger partial charge on any atom is -0.383 e. The third-order valence-corrected chi connectivity index (χ3v) is 7.78. The summed E-state index contributed by atoms with van der Waals surface area (Å²) in [7, 11) is 0. The molecule has 0 spiro atoms. The molecule has 1 aliphatic rings. The second-order valence-corrected chi connectivity index (χ2v) is 11.5. The molecule has 6 rings (SSSR count). The minimum atomic E-state index is 0.0954. The van der Waals surface area contributed by atoms with Crippen molar-refractivity contribution in [1.82, 2.24) is 24.9 Å². The lowest BCUT2D eigenvalue weighted by Gasteiger charge is -2.29. The van der Waals surface area contributed by atoms with Crippen LogP contribution in [0.4, 0.5) is 5.69 Å². The summed E-state index contributed by atoms with van der Waals surface area (Å²) in [5.74, 6) is 0.0954. The van der Waals surface area contributed by atoms with Crippen LogP contribution in [0.5, 0.6) is 0 Å². The standard InChI is InChI=1S/C35H33ClN6O/c1-24-3-7-26(8-4-24)17-28-20-41(21-29(35(28)43)18-27-9-5-25(2)6-10-27)22-31-23-42(40-39-31)16-15-38-33-13-14-37-34-19-30(36)11-12-32(33)34/h3-14,17-19,23H,15-16,20-22H2,1-2H3,(H,37,38)/b28-17+,29-18+. The van der Waals surface area contributed by atoms with E-state index in [2.05, 4.69) is 87.9 Å². The first-order chi connectivity index (χ1) is 20.9. The number of pyridine rings is 1. The summed E-state index contributed by atoms with van der Waals surface area (Å²) in [6, 6.07) is 24.2. The van der Waals surface area contributed by atoms with Crippen molar-refractivity contribution in [1.29, 1.82) is 0 Å². The monoisotopic (exact) mass is 588 g/mol. The number of aromatic nitrogens is 4. The van der Waals surface area contributed by atoms with Gasteiger partial charge in [-0.2, -0.15) is 0 Å². The fraction of sp³-hybridized carbons (Fsp3) is 0.200. The van der Waals surface area contributed by atoms with E-state index in [1.165, 1.54) is 11.1 Å². The number of hydrogen-bond donors (Lipinski definition) is 1. The second kappa shape index (κ2) is 12.7. The maximum absolute atomic E-state index is 13.6. The second-order valence-electron chi connectivity index (χ2n) is 11.1. The zero-order valence-corrected chi connectivity index (χ0v) is 25.1. The van der Waals surface area contributed by atoms with Gasteiger partial charge in [-0.05, 0) is 61.4 Å². The average molecular weight is 589 g/mol. The van der Waals surface area contributed by atoms with Gasteiger partial charge < -0.3 is 5.32 Å². The maximum Gasteiger partial charge on any atom is 0.187 e. The molecule has 0 radical (unpaired) electrons. The molecule has 1 N–H and O–H groups in total. The molecule has 1 saturated heterocycles. The molecular formula is C35H33ClN6O. The van der Waals surface area contributed by atoms with Crippen LogP contribution in [-0.4, -0.2) is 50.3 Å². The van der Waals surface area contributed by atoms with Crippen molar-refractivity contribution in [2.45, 2.75) is 26.9 Å². The van der Waals surface area contributed by atoms with Gasteiger partial charge in [-0.15, -0.1) is 5.10 Å². The molecule has 5 aromatic rings. The maximum atomic E-state index is 13.6. The van der Waals surface area contributed by atoms with Crippen LogP contribution in [0.1, 0.15) is 27.9 Å². The molecule has 216 valence electrons. The van der Waals surface area contributed by atoms with Gasteiger partial charge in [0.25, 0.3) is 0 Å². The molecule has 3 aromatic carbocycles. The first kappa shape index (κ1) is 28.5. The van der Waals surface area contributed by atoms with Crippen molar-refractivity contribution in [3.05, 3.63) is 129 Å². The number of benzene rings is 3. The molecule has 7 nitrogen and oxygen atoms in total. The molecule has 8 heteroatoms. The Labute approximate surface area is 256 Å². The predicted molar refractivity (Wildman–Crippen MR) is 174 cm³/mol. The number of fused-ring (bicyclic) bond motifs is 1. The molecule has 0 amide bonds. The number of rotatable bonds is 8. The van der Waals surface area contributed by atoms with Gasteiger partial charge in [0.05, 0.1) is 17.8 Å². The average Bonchev–Trinajstić information content (AvgIpc) is 3.44. The van der Waals surface area contributed by atoms with Gasteiger partial charge in [0.15, 0.2) is 5.78 Å². The van der Waals surface area contributed by atoms with E-state index in [-0.39, 0.29) is 5.78 Å². The van der Waals surface area contributed by atoms with Crippen LogP contribution in [-0.2, 0) is 17.9 Å². The highest BCUT2D eigenvalue weighted by molar-refractivity contribution is 6.31. The highest BCUT2D eigenvalue weighted by Crippen LogP contribution is 2.25. The molecule has 0 bridgehead atoms. The smallest absolute Gasteiger partial charge is 0.187 e. The number of ketones is 1. The lowest BCUT2D eigenvalue weighted by molar-refractivity contribution is -0.113. The third-order valence-electron chi connectivity index (χ3n) is 7.54. The highest BCUT2D eigenvalue weighted by Gasteiger charge is 2.27. The van der Waals surface area contributed by atoms with Crippen LogP contribution < -0.4 is 5.32 Å². The first-order valence-electron chi connectivity index (χ1n) is 14.4. The van der Waals surface area contributed by atoms with E-state index in [4.69, 9.17) is 11.6 Å². The normalized spacial score (nSPS) is 15.9. The van der Waals surface area contributed by atoms with Gasteiger partial charge >= 0.3 is 0 Å². The number of Topliss-reactive ketones (excluding diaryl/α,β-unsaturated/α-hetero) is 1. The van der Waals surface area contributed by atoms with E-state index in [1.807, 2.05) is 47.3 Å². The van der Waals surface area contributed by atoms with E-state index in [0.29, 0.717) is 37.7 Å². The molecule has 1 fully saturated rings. The number of nitrogens with one attached hydrogen (secondary N) is 1. The Kier molecular flexibility index (Phi) is 8.45. The Balaban J connectivity index is 1.16. The number of carbonyl (C=O) groups excluding carboxylic acids is 1. The van der Waals surface area contributed by atoms with Crippen LogP contribution in [0, 0.1) is 13.8 Å². The van der Waals surface area contributed by atoms with Gasteiger partial charge in [0.1, 0.15) is 0 Å². The van der Waals surface area contributed by atoms with Crippen molar-refractivity contribution in [3.63, 3.8) is 0 Å². The summed E-state index contributed by atoms with van der Waals surface area (Å²) in [6.45, 7) is 7.14. The summed E-state index contributed by atoms with van der Waals surface area (Å²) >= 11 is 6.13. The van der Waals surface area contributed by atoms with E-state index in [0.717, 1.165) is 44.6 Å². The molecule has 0 atom stereocenters. The topological polar surface area (TPSA) is 75.9 Å². The van der Waals surface area contributed by atoms with E-state index in [1.54, 1.807) is 6.20 Å². The Hall–Kier alpha value is -4.59. The summed E-state index contributed by atoms with van der Waals surface area (Å²) in [4.78, 5) is 20.3. The van der Waals surface area contributed by atoms with Crippen molar-refractivity contribution >= 4 is 46.1 Å². The van der Waals surface area contributed by atoms with E-state index in [9.17, 15) is 4.79 Å². The Bertz CT molecular complexity index is 1750. The number of likely N-dealkylation sites (tertiary alicyclic amines) is 1. The number of halogens is 1. The van der Waals surface area contributed by atoms with Crippen molar-refractivity contribution < 1.29 is 4.79 Å². The molecule has 1 aliphatic heterocycles. The number of aryl methyl sites for hydroxylation is 2. The first-order valence-corrected chi connectivity index (χ1v) is 14.8. The van der Waals surface area contributed by atoms with Crippen LogP contribution in [0.15, 0.2) is 96.3 Å². The summed E-state index contributed by atoms with van der Waals surface area (Å²) < 4.78 is 1.85. The fourth-order valence-electron chi connectivity index (χ4n) is 5.28. The van der Waals surface area contributed by atoms with Gasteiger partial charge in [-0.3, -0.25) is 19.4 Å². The van der Waals surface area contributed by atoms with Crippen LogP contribution in [0.25, 0.3) is 23.1 Å². The number of anilines is 1. The number of nitrogens with zero attached hydrogens (tertiary/aromatic N) is 5. The zero-order chi connectivity index (χ0) is 29.8. The van der Waals surface area contributed by atoms with Gasteiger partial charge in [0, 0.05) is 65.8 Å². The quantitative estimate of drug-likeness (QED) is 0.202. The SMILES string of the molecule is Cc1ccc(/C=C2\CN(Cc3cn(CCNc4ccnc5cc(Cl)ccc45)nn3)C/C(=C\c3ccc(C)cc3)C2=O)cc1. The number of piperidine rings is 1. The van der Waals surface area contributed by atoms with Gasteiger partial charge in [-0.1, -0.05) is 76.5 Å². The lowest BCUT2D eigenvalue weighted by atomic mass is 9.94. The molecule has 2 aromatic heterocycles. The van der Waals surface area contributed by atoms with Crippen molar-refractivity contribution in [3.8, 4) is 0 Å². The number of carbonyl (C=O) groups is 1. The molecule has 3 heterocycles. The van der Waals surface area contributed by atoms with Crippen LogP contribution in [0.3, 0.4) is 0 Å².